The van der Waals surface area contributed by atoms with Gasteiger partial charge in [-0.15, -0.1) is 0 Å². The molecule has 6 heteroatoms. The molecule has 0 aliphatic carbocycles. The summed E-state index contributed by atoms with van der Waals surface area (Å²) in [7, 11) is 0. The molecule has 2 aromatic rings. The van der Waals surface area contributed by atoms with E-state index < -0.39 is 0 Å². The Kier molecular flexibility index (Phi) is 8.65. The summed E-state index contributed by atoms with van der Waals surface area (Å²) in [5.41, 5.74) is 2.14. The lowest BCUT2D eigenvalue weighted by Crippen LogP contribution is -2.37. The first kappa shape index (κ1) is 20.8. The summed E-state index contributed by atoms with van der Waals surface area (Å²) < 4.78 is 5.46. The zero-order valence-electron chi connectivity index (χ0n) is 15.5. The summed E-state index contributed by atoms with van der Waals surface area (Å²) in [6, 6.07) is 14.9. The number of rotatable bonds is 10. The quantitative estimate of drug-likeness (QED) is 0.614. The molecule has 0 fully saturated rings. The first-order chi connectivity index (χ1) is 13.1. The molecule has 5 nitrogen and oxygen atoms in total. The maximum absolute atomic E-state index is 11.8. The fraction of sp³-hybridized carbons (Fsp3) is 0.333. The minimum Gasteiger partial charge on any atom is -0.484 e. The second-order valence-electron chi connectivity index (χ2n) is 6.19. The number of aryl methyl sites for hydroxylation is 1. The van der Waals surface area contributed by atoms with E-state index in [1.54, 1.807) is 12.1 Å². The highest BCUT2D eigenvalue weighted by Crippen LogP contribution is 2.13. The Morgan fingerprint density at radius 3 is 2.11 bits per heavy atom. The monoisotopic (exact) mass is 388 g/mol. The van der Waals surface area contributed by atoms with Gasteiger partial charge in [0, 0.05) is 18.1 Å². The number of hydrogen-bond donors (Lipinski definition) is 2. The Labute approximate surface area is 165 Å². The van der Waals surface area contributed by atoms with E-state index in [-0.39, 0.29) is 24.8 Å². The average molecular weight is 389 g/mol. The van der Waals surface area contributed by atoms with Crippen LogP contribution >= 0.6 is 11.6 Å². The van der Waals surface area contributed by atoms with E-state index in [9.17, 15) is 9.59 Å². The van der Waals surface area contributed by atoms with Gasteiger partial charge in [-0.1, -0.05) is 49.2 Å². The van der Waals surface area contributed by atoms with E-state index in [1.165, 1.54) is 5.56 Å². The molecule has 0 atom stereocenters. The van der Waals surface area contributed by atoms with Gasteiger partial charge in [0.2, 0.25) is 5.91 Å². The van der Waals surface area contributed by atoms with Gasteiger partial charge < -0.3 is 15.4 Å². The first-order valence-electron chi connectivity index (χ1n) is 9.06. The number of amides is 2. The van der Waals surface area contributed by atoms with Crippen molar-refractivity contribution in [1.82, 2.24) is 10.6 Å². The van der Waals surface area contributed by atoms with Crippen LogP contribution in [0.5, 0.6) is 5.75 Å². The van der Waals surface area contributed by atoms with Crippen LogP contribution in [-0.4, -0.2) is 31.5 Å². The molecule has 0 radical (unpaired) electrons. The molecule has 0 heterocycles. The smallest absolute Gasteiger partial charge is 0.258 e. The molecule has 144 valence electrons. The average Bonchev–Trinajstić information content (AvgIpc) is 2.67. The molecule has 0 spiro atoms. The number of hydrogen-bond acceptors (Lipinski definition) is 3. The van der Waals surface area contributed by atoms with Crippen LogP contribution in [-0.2, 0) is 22.4 Å². The minimum absolute atomic E-state index is 0.0498. The van der Waals surface area contributed by atoms with Crippen LogP contribution in [0.2, 0.25) is 5.02 Å². The molecule has 0 aliphatic heterocycles. The third-order valence-electron chi connectivity index (χ3n) is 3.88. The van der Waals surface area contributed by atoms with Crippen molar-refractivity contribution in [2.45, 2.75) is 26.2 Å². The lowest BCUT2D eigenvalue weighted by Gasteiger charge is -2.09. The van der Waals surface area contributed by atoms with Gasteiger partial charge in [0.1, 0.15) is 5.75 Å². The molecule has 2 amide bonds. The molecule has 0 saturated carbocycles. The van der Waals surface area contributed by atoms with E-state index in [0.717, 1.165) is 18.4 Å². The molecule has 2 N–H and O–H groups in total. The Morgan fingerprint density at radius 1 is 0.889 bits per heavy atom. The maximum Gasteiger partial charge on any atom is 0.258 e. The van der Waals surface area contributed by atoms with Crippen LogP contribution in [0.25, 0.3) is 0 Å². The van der Waals surface area contributed by atoms with Gasteiger partial charge in [-0.2, -0.15) is 0 Å². The first-order valence-corrected chi connectivity index (χ1v) is 9.44. The normalized spacial score (nSPS) is 10.3. The highest BCUT2D eigenvalue weighted by Gasteiger charge is 2.05. The molecule has 2 aromatic carbocycles. The lowest BCUT2D eigenvalue weighted by molar-refractivity contribution is -0.124. The van der Waals surface area contributed by atoms with Gasteiger partial charge in [0.05, 0.1) is 6.42 Å². The molecule has 0 bridgehead atoms. The number of carbonyl (C=O) groups is 2. The molecule has 0 aromatic heterocycles. The Balaban J connectivity index is 1.58. The Hall–Kier alpha value is -2.53. The standard InChI is InChI=1S/C21H25ClN2O3/c1-2-3-16-6-10-19(11-7-16)27-15-21(26)24-13-12-23-20(25)14-17-4-8-18(22)9-5-17/h4-11H,2-3,12-15H2,1H3,(H,23,25)(H,24,26). The Bertz CT molecular complexity index is 730. The third kappa shape index (κ3) is 8.13. The molecular weight excluding hydrogens is 364 g/mol. The zero-order valence-corrected chi connectivity index (χ0v) is 16.2. The highest BCUT2D eigenvalue weighted by atomic mass is 35.5. The van der Waals surface area contributed by atoms with Crippen molar-refractivity contribution in [3.05, 3.63) is 64.7 Å². The zero-order chi connectivity index (χ0) is 19.5. The van der Waals surface area contributed by atoms with E-state index in [0.29, 0.717) is 23.9 Å². The largest absolute Gasteiger partial charge is 0.484 e. The second kappa shape index (κ2) is 11.2. The Morgan fingerprint density at radius 2 is 1.48 bits per heavy atom. The second-order valence-corrected chi connectivity index (χ2v) is 6.62. The maximum atomic E-state index is 11.8. The fourth-order valence-electron chi connectivity index (χ4n) is 2.49. The predicted octanol–water partition coefficient (Wildman–Crippen LogP) is 3.15. The van der Waals surface area contributed by atoms with Gasteiger partial charge in [0.25, 0.3) is 5.91 Å². The topological polar surface area (TPSA) is 67.4 Å². The third-order valence-corrected chi connectivity index (χ3v) is 4.13. The lowest BCUT2D eigenvalue weighted by atomic mass is 10.1. The van der Waals surface area contributed by atoms with Gasteiger partial charge in [-0.05, 0) is 41.8 Å². The van der Waals surface area contributed by atoms with Crippen LogP contribution < -0.4 is 15.4 Å². The van der Waals surface area contributed by atoms with Crippen molar-refractivity contribution in [2.75, 3.05) is 19.7 Å². The highest BCUT2D eigenvalue weighted by molar-refractivity contribution is 6.30. The van der Waals surface area contributed by atoms with Crippen LogP contribution in [0, 0.1) is 0 Å². The fourth-order valence-corrected chi connectivity index (χ4v) is 2.62. The van der Waals surface area contributed by atoms with Gasteiger partial charge in [-0.3, -0.25) is 9.59 Å². The van der Waals surface area contributed by atoms with E-state index in [1.807, 2.05) is 36.4 Å². The molecule has 0 unspecified atom stereocenters. The summed E-state index contributed by atoms with van der Waals surface area (Å²) >= 11 is 5.81. The van der Waals surface area contributed by atoms with Gasteiger partial charge in [-0.25, -0.2) is 0 Å². The van der Waals surface area contributed by atoms with Gasteiger partial charge in [0.15, 0.2) is 6.61 Å². The predicted molar refractivity (Wildman–Crippen MR) is 107 cm³/mol. The van der Waals surface area contributed by atoms with Crippen LogP contribution in [0.4, 0.5) is 0 Å². The van der Waals surface area contributed by atoms with Crippen molar-refractivity contribution < 1.29 is 14.3 Å². The summed E-state index contributed by atoms with van der Waals surface area (Å²) in [4.78, 5) is 23.6. The number of ether oxygens (including phenoxy) is 1. The van der Waals surface area contributed by atoms with Crippen molar-refractivity contribution in [3.63, 3.8) is 0 Å². The number of halogens is 1. The summed E-state index contributed by atoms with van der Waals surface area (Å²) in [5.74, 6) is 0.343. The van der Waals surface area contributed by atoms with E-state index in [4.69, 9.17) is 16.3 Å². The number of nitrogens with one attached hydrogen (secondary N) is 2. The van der Waals surface area contributed by atoms with E-state index >= 15 is 0 Å². The summed E-state index contributed by atoms with van der Waals surface area (Å²) in [6.45, 7) is 2.80. The van der Waals surface area contributed by atoms with Crippen LogP contribution in [0.3, 0.4) is 0 Å². The number of carbonyl (C=O) groups excluding carboxylic acids is 2. The molecule has 2 rings (SSSR count). The van der Waals surface area contributed by atoms with Crippen LogP contribution in [0.15, 0.2) is 48.5 Å². The molecular formula is C21H25ClN2O3. The number of benzene rings is 2. The van der Waals surface area contributed by atoms with Gasteiger partial charge >= 0.3 is 0 Å². The summed E-state index contributed by atoms with van der Waals surface area (Å²) in [6.07, 6.45) is 2.41. The van der Waals surface area contributed by atoms with Crippen molar-refractivity contribution in [3.8, 4) is 5.75 Å². The minimum atomic E-state index is -0.223. The van der Waals surface area contributed by atoms with Crippen molar-refractivity contribution >= 4 is 23.4 Å². The SMILES string of the molecule is CCCc1ccc(OCC(=O)NCCNC(=O)Cc2ccc(Cl)cc2)cc1. The molecule has 0 aliphatic rings. The van der Waals surface area contributed by atoms with Crippen molar-refractivity contribution in [1.29, 1.82) is 0 Å². The van der Waals surface area contributed by atoms with Crippen LogP contribution in [0.1, 0.15) is 24.5 Å². The van der Waals surface area contributed by atoms with Crippen molar-refractivity contribution in [2.24, 2.45) is 0 Å². The van der Waals surface area contributed by atoms with E-state index in [2.05, 4.69) is 17.6 Å². The summed E-state index contributed by atoms with van der Waals surface area (Å²) in [5, 5.41) is 6.12. The molecule has 0 saturated heterocycles. The molecule has 27 heavy (non-hydrogen) atoms.